The lowest BCUT2D eigenvalue weighted by atomic mass is 10.2. The average molecular weight is 358 g/mol. The van der Waals surface area contributed by atoms with E-state index in [4.69, 9.17) is 0 Å². The third kappa shape index (κ3) is 3.02. The van der Waals surface area contributed by atoms with Gasteiger partial charge in [-0.05, 0) is 24.3 Å². The minimum atomic E-state index is -0.587. The van der Waals surface area contributed by atoms with Crippen LogP contribution in [0.5, 0.6) is 0 Å². The van der Waals surface area contributed by atoms with Crippen LogP contribution in [0.25, 0.3) is 16.6 Å². The monoisotopic (exact) mass is 358 g/mol. The van der Waals surface area contributed by atoms with Crippen LogP contribution in [0.4, 0.5) is 17.2 Å². The zero-order valence-corrected chi connectivity index (χ0v) is 14.1. The lowest BCUT2D eigenvalue weighted by Gasteiger charge is -2.18. The number of nitrogens with zero attached hydrogens (tertiary/aromatic N) is 3. The summed E-state index contributed by atoms with van der Waals surface area (Å²) in [5.74, 6) is 0.493. The van der Waals surface area contributed by atoms with E-state index in [2.05, 4.69) is 10.3 Å². The van der Waals surface area contributed by atoms with E-state index in [0.29, 0.717) is 11.3 Å². The molecule has 7 nitrogen and oxygen atoms in total. The summed E-state index contributed by atoms with van der Waals surface area (Å²) >= 11 is 0. The van der Waals surface area contributed by atoms with Crippen molar-refractivity contribution < 1.29 is 4.92 Å². The lowest BCUT2D eigenvalue weighted by molar-refractivity contribution is -0.383. The van der Waals surface area contributed by atoms with Crippen LogP contribution < -0.4 is 10.7 Å². The van der Waals surface area contributed by atoms with Gasteiger partial charge in [-0.25, -0.2) is 0 Å². The largest absolute Gasteiger partial charge is 0.341 e. The molecule has 4 aromatic rings. The molecule has 2 aromatic heterocycles. The van der Waals surface area contributed by atoms with E-state index < -0.39 is 10.4 Å². The van der Waals surface area contributed by atoms with E-state index in [0.717, 1.165) is 17.6 Å². The third-order valence-corrected chi connectivity index (χ3v) is 4.16. The number of pyridine rings is 2. The van der Waals surface area contributed by atoms with Crippen molar-refractivity contribution in [2.45, 2.75) is 0 Å². The Balaban J connectivity index is 2.06. The van der Waals surface area contributed by atoms with Crippen LogP contribution in [-0.2, 0) is 0 Å². The molecule has 0 saturated heterocycles. The molecule has 7 heteroatoms. The minimum absolute atomic E-state index is 0.0254. The number of nitro groups is 1. The van der Waals surface area contributed by atoms with E-state index >= 15 is 0 Å². The Morgan fingerprint density at radius 3 is 2.30 bits per heavy atom. The standard InChI is InChI=1S/C20H14N4O3/c25-18-11-19(22-14-7-3-1-4-8-14)23(15-9-5-2-6-10-15)16-12-21-13-17(20(16)18)24(26)27/h1-13,22H. The normalized spacial score (nSPS) is 10.7. The third-order valence-electron chi connectivity index (χ3n) is 4.16. The number of hydrogen-bond donors (Lipinski definition) is 1. The second-order valence-electron chi connectivity index (χ2n) is 5.87. The Morgan fingerprint density at radius 2 is 1.63 bits per heavy atom. The Hall–Kier alpha value is -4.00. The maximum Gasteiger partial charge on any atom is 0.300 e. The molecule has 0 fully saturated rings. The number of rotatable bonds is 4. The van der Waals surface area contributed by atoms with Crippen molar-refractivity contribution in [2.24, 2.45) is 0 Å². The van der Waals surface area contributed by atoms with Gasteiger partial charge in [0.1, 0.15) is 17.4 Å². The van der Waals surface area contributed by atoms with Crippen molar-refractivity contribution >= 4 is 28.1 Å². The molecule has 0 aliphatic heterocycles. The van der Waals surface area contributed by atoms with Crippen molar-refractivity contribution in [1.82, 2.24) is 9.55 Å². The fraction of sp³-hybridized carbons (Fsp3) is 0. The predicted molar refractivity (Wildman–Crippen MR) is 104 cm³/mol. The maximum absolute atomic E-state index is 12.7. The van der Waals surface area contributed by atoms with Gasteiger partial charge in [0, 0.05) is 17.4 Å². The molecule has 4 rings (SSSR count). The second-order valence-corrected chi connectivity index (χ2v) is 5.87. The number of para-hydroxylation sites is 2. The van der Waals surface area contributed by atoms with Gasteiger partial charge in [0.15, 0.2) is 5.43 Å². The molecule has 27 heavy (non-hydrogen) atoms. The molecule has 1 N–H and O–H groups in total. The molecule has 0 bridgehead atoms. The van der Waals surface area contributed by atoms with Gasteiger partial charge >= 0.3 is 5.69 Å². The summed E-state index contributed by atoms with van der Waals surface area (Å²) < 4.78 is 1.75. The van der Waals surface area contributed by atoms with E-state index in [9.17, 15) is 14.9 Å². The van der Waals surface area contributed by atoms with Crippen molar-refractivity contribution in [3.63, 3.8) is 0 Å². The van der Waals surface area contributed by atoms with Crippen LogP contribution in [0.15, 0.2) is 83.9 Å². The summed E-state index contributed by atoms with van der Waals surface area (Å²) in [5.41, 5.74) is 1.15. The van der Waals surface area contributed by atoms with Crippen LogP contribution in [0.1, 0.15) is 0 Å². The highest BCUT2D eigenvalue weighted by Crippen LogP contribution is 2.28. The Morgan fingerprint density at radius 1 is 0.963 bits per heavy atom. The number of hydrogen-bond acceptors (Lipinski definition) is 5. The molecule has 132 valence electrons. The number of benzene rings is 2. The first kappa shape index (κ1) is 16.5. The van der Waals surface area contributed by atoms with E-state index in [1.54, 1.807) is 4.57 Å². The number of anilines is 2. The van der Waals surface area contributed by atoms with Gasteiger partial charge < -0.3 is 5.32 Å². The predicted octanol–water partition coefficient (Wildman–Crippen LogP) is 4.04. The second kappa shape index (κ2) is 6.72. The Labute approximate surface area is 153 Å². The smallest absolute Gasteiger partial charge is 0.300 e. The number of nitrogens with one attached hydrogen (secondary N) is 1. The summed E-state index contributed by atoms with van der Waals surface area (Å²) in [7, 11) is 0. The summed E-state index contributed by atoms with van der Waals surface area (Å²) in [5, 5.41) is 14.6. The van der Waals surface area contributed by atoms with Gasteiger partial charge in [-0.3, -0.25) is 24.5 Å². The van der Waals surface area contributed by atoms with Gasteiger partial charge in [0.05, 0.1) is 16.6 Å². The summed E-state index contributed by atoms with van der Waals surface area (Å²) in [6.45, 7) is 0. The topological polar surface area (TPSA) is 90.1 Å². The number of fused-ring (bicyclic) bond motifs is 1. The molecule has 0 unspecified atom stereocenters. The first-order valence-corrected chi connectivity index (χ1v) is 8.21. The first-order valence-electron chi connectivity index (χ1n) is 8.21. The molecular formula is C20H14N4O3. The van der Waals surface area contributed by atoms with Crippen molar-refractivity contribution in [3.8, 4) is 5.69 Å². The summed E-state index contributed by atoms with van der Waals surface area (Å²) in [6, 6.07) is 20.1. The first-order chi connectivity index (χ1) is 13.1. The Kier molecular flexibility index (Phi) is 4.10. The molecule has 0 aliphatic carbocycles. The summed E-state index contributed by atoms with van der Waals surface area (Å²) in [4.78, 5) is 27.5. The molecule has 0 atom stereocenters. The molecule has 2 aromatic carbocycles. The highest BCUT2D eigenvalue weighted by molar-refractivity contribution is 5.90. The Bertz CT molecular complexity index is 1190. The quantitative estimate of drug-likeness (QED) is 0.439. The van der Waals surface area contributed by atoms with Gasteiger partial charge in [0.25, 0.3) is 0 Å². The SMILES string of the molecule is O=c1cc(Nc2ccccc2)n(-c2ccccc2)c2cncc([N+](=O)[O-])c12. The molecule has 2 heterocycles. The molecule has 0 aliphatic rings. The fourth-order valence-electron chi connectivity index (χ4n) is 3.01. The van der Waals surface area contributed by atoms with Gasteiger partial charge in [-0.15, -0.1) is 0 Å². The van der Waals surface area contributed by atoms with Crippen LogP contribution in [0.3, 0.4) is 0 Å². The molecule has 0 spiro atoms. The number of aromatic nitrogens is 2. The van der Waals surface area contributed by atoms with Crippen LogP contribution in [0, 0.1) is 10.1 Å². The van der Waals surface area contributed by atoms with E-state index in [-0.39, 0.29) is 11.1 Å². The van der Waals surface area contributed by atoms with Crippen LogP contribution in [0.2, 0.25) is 0 Å². The summed E-state index contributed by atoms with van der Waals surface area (Å²) in [6.07, 6.45) is 2.57. The zero-order chi connectivity index (χ0) is 18.8. The molecule has 0 radical (unpaired) electrons. The van der Waals surface area contributed by atoms with Crippen molar-refractivity contribution in [1.29, 1.82) is 0 Å². The zero-order valence-electron chi connectivity index (χ0n) is 14.1. The lowest BCUT2D eigenvalue weighted by Crippen LogP contribution is -2.14. The van der Waals surface area contributed by atoms with Gasteiger partial charge in [-0.2, -0.15) is 0 Å². The minimum Gasteiger partial charge on any atom is -0.341 e. The highest BCUT2D eigenvalue weighted by atomic mass is 16.6. The molecule has 0 amide bonds. The van der Waals surface area contributed by atoms with Crippen LogP contribution in [-0.4, -0.2) is 14.5 Å². The van der Waals surface area contributed by atoms with Crippen molar-refractivity contribution in [2.75, 3.05) is 5.32 Å². The fourth-order valence-corrected chi connectivity index (χ4v) is 3.01. The average Bonchev–Trinajstić information content (AvgIpc) is 2.69. The van der Waals surface area contributed by atoms with E-state index in [1.807, 2.05) is 60.7 Å². The maximum atomic E-state index is 12.7. The van der Waals surface area contributed by atoms with E-state index in [1.165, 1.54) is 12.3 Å². The highest BCUT2D eigenvalue weighted by Gasteiger charge is 2.20. The van der Waals surface area contributed by atoms with Gasteiger partial charge in [-0.1, -0.05) is 36.4 Å². The molecule has 0 saturated carbocycles. The van der Waals surface area contributed by atoms with Gasteiger partial charge in [0.2, 0.25) is 0 Å². The molecular weight excluding hydrogens is 344 g/mol. The van der Waals surface area contributed by atoms with Crippen LogP contribution >= 0.6 is 0 Å². The van der Waals surface area contributed by atoms with Crippen molar-refractivity contribution in [3.05, 3.63) is 99.5 Å².